The number of likely N-dealkylation sites (tertiary alicyclic amines) is 1. The van der Waals surface area contributed by atoms with E-state index in [0.29, 0.717) is 23.7 Å². The van der Waals surface area contributed by atoms with E-state index in [0.717, 1.165) is 27.8 Å². The monoisotopic (exact) mass is 479 g/mol. The van der Waals surface area contributed by atoms with Crippen molar-refractivity contribution >= 4 is 45.0 Å². The Bertz CT molecular complexity index is 907. The highest BCUT2D eigenvalue weighted by molar-refractivity contribution is 9.10. The van der Waals surface area contributed by atoms with Gasteiger partial charge in [-0.2, -0.15) is 0 Å². The molecular weight excluding hydrogens is 454 g/mol. The van der Waals surface area contributed by atoms with Crippen molar-refractivity contribution in [1.29, 1.82) is 0 Å². The lowest BCUT2D eigenvalue weighted by Gasteiger charge is -2.34. The van der Waals surface area contributed by atoms with Crippen LogP contribution in [0, 0.1) is 0 Å². The van der Waals surface area contributed by atoms with Gasteiger partial charge in [0.2, 0.25) is 0 Å². The van der Waals surface area contributed by atoms with Gasteiger partial charge >= 0.3 is 6.09 Å². The van der Waals surface area contributed by atoms with Gasteiger partial charge in [0.1, 0.15) is 10.5 Å². The molecule has 1 atom stereocenters. The zero-order valence-electron chi connectivity index (χ0n) is 16.8. The Morgan fingerprint density at radius 3 is 2.76 bits per heavy atom. The predicted octanol–water partition coefficient (Wildman–Crippen LogP) is 4.89. The molecule has 3 N–H and O–H groups in total. The van der Waals surface area contributed by atoms with Crippen LogP contribution in [0.1, 0.15) is 43.3 Å². The van der Waals surface area contributed by atoms with E-state index in [1.807, 2.05) is 51.1 Å². The van der Waals surface area contributed by atoms with Crippen LogP contribution in [0.25, 0.3) is 10.4 Å². The van der Waals surface area contributed by atoms with Crippen LogP contribution in [-0.4, -0.2) is 41.6 Å². The maximum atomic E-state index is 12.8. The fraction of sp³-hybridized carbons (Fsp3) is 0.429. The number of ether oxygens (including phenoxy) is 1. The Morgan fingerprint density at radius 2 is 2.07 bits per heavy atom. The maximum Gasteiger partial charge on any atom is 0.410 e. The van der Waals surface area contributed by atoms with Gasteiger partial charge in [-0.1, -0.05) is 28.1 Å². The van der Waals surface area contributed by atoms with Crippen LogP contribution in [0.3, 0.4) is 0 Å². The first kappa shape index (κ1) is 21.6. The van der Waals surface area contributed by atoms with Gasteiger partial charge in [-0.15, -0.1) is 11.3 Å². The molecule has 2 heterocycles. The van der Waals surface area contributed by atoms with Crippen molar-refractivity contribution in [1.82, 2.24) is 10.2 Å². The smallest absolute Gasteiger partial charge is 0.410 e. The minimum absolute atomic E-state index is 0.125. The van der Waals surface area contributed by atoms with Gasteiger partial charge in [0, 0.05) is 28.5 Å². The van der Waals surface area contributed by atoms with Crippen LogP contribution in [0.15, 0.2) is 34.8 Å². The number of nitrogens with two attached hydrogens (primary N) is 1. The summed E-state index contributed by atoms with van der Waals surface area (Å²) in [5, 5.41) is 3.03. The topological polar surface area (TPSA) is 84.7 Å². The number of carbonyl (C=O) groups excluding carboxylic acids is 2. The first-order valence-electron chi connectivity index (χ1n) is 9.56. The van der Waals surface area contributed by atoms with Gasteiger partial charge in [-0.05, 0) is 57.4 Å². The number of hydrogen-bond donors (Lipinski definition) is 2. The number of amides is 2. The lowest BCUT2D eigenvalue weighted by atomic mass is 10.1. The summed E-state index contributed by atoms with van der Waals surface area (Å²) >= 11 is 4.84. The van der Waals surface area contributed by atoms with Crippen molar-refractivity contribution < 1.29 is 14.3 Å². The third kappa shape index (κ3) is 5.73. The summed E-state index contributed by atoms with van der Waals surface area (Å²) in [6.45, 7) is 6.60. The molecule has 1 fully saturated rings. The SMILES string of the molecule is CC(C)(C)OC(=O)N1CCC[C@H](NC(=O)c2sc(-c3cccc(Br)c3)cc2N)C1. The number of carbonyl (C=O) groups is 2. The molecule has 2 aromatic rings. The fourth-order valence-electron chi connectivity index (χ4n) is 3.20. The molecule has 0 spiro atoms. The van der Waals surface area contributed by atoms with Crippen molar-refractivity contribution in [3.8, 4) is 10.4 Å². The maximum absolute atomic E-state index is 12.8. The third-order valence-corrected chi connectivity index (χ3v) is 6.18. The minimum Gasteiger partial charge on any atom is -0.444 e. The Balaban J connectivity index is 1.66. The standard InChI is InChI=1S/C21H26BrN3O3S/c1-21(2,3)28-20(27)25-9-5-8-15(12-25)24-19(26)18-16(23)11-17(29-18)13-6-4-7-14(22)10-13/h4,6-7,10-11,15H,5,8-9,12,23H2,1-3H3,(H,24,26)/t15-/m0/s1. The minimum atomic E-state index is -0.540. The van der Waals surface area contributed by atoms with E-state index in [9.17, 15) is 9.59 Å². The molecule has 1 aromatic heterocycles. The first-order valence-corrected chi connectivity index (χ1v) is 11.2. The van der Waals surface area contributed by atoms with Gasteiger partial charge in [0.15, 0.2) is 0 Å². The molecule has 1 aromatic carbocycles. The van der Waals surface area contributed by atoms with Gasteiger partial charge in [0.25, 0.3) is 5.91 Å². The number of halogens is 1. The van der Waals surface area contributed by atoms with Crippen LogP contribution in [0.4, 0.5) is 10.5 Å². The first-order chi connectivity index (χ1) is 13.6. The molecular formula is C21H26BrN3O3S. The van der Waals surface area contributed by atoms with E-state index in [2.05, 4.69) is 21.2 Å². The van der Waals surface area contributed by atoms with E-state index in [-0.39, 0.29) is 18.0 Å². The highest BCUT2D eigenvalue weighted by Gasteiger charge is 2.29. The molecule has 6 nitrogen and oxygen atoms in total. The molecule has 156 valence electrons. The number of piperidine rings is 1. The molecule has 1 aliphatic rings. The summed E-state index contributed by atoms with van der Waals surface area (Å²) in [6.07, 6.45) is 1.28. The molecule has 3 rings (SSSR count). The van der Waals surface area contributed by atoms with Crippen molar-refractivity contribution in [3.63, 3.8) is 0 Å². The summed E-state index contributed by atoms with van der Waals surface area (Å²) in [7, 11) is 0. The van der Waals surface area contributed by atoms with E-state index >= 15 is 0 Å². The van der Waals surface area contributed by atoms with Crippen LogP contribution in [-0.2, 0) is 4.74 Å². The van der Waals surface area contributed by atoms with Crippen LogP contribution in [0.2, 0.25) is 0 Å². The number of anilines is 1. The Hall–Kier alpha value is -2.06. The zero-order valence-corrected chi connectivity index (χ0v) is 19.2. The predicted molar refractivity (Wildman–Crippen MR) is 120 cm³/mol. The van der Waals surface area contributed by atoms with Gasteiger partial charge < -0.3 is 20.7 Å². The number of thiophene rings is 1. The molecule has 1 aliphatic heterocycles. The quantitative estimate of drug-likeness (QED) is 0.655. The highest BCUT2D eigenvalue weighted by Crippen LogP contribution is 2.34. The summed E-state index contributed by atoms with van der Waals surface area (Å²) < 4.78 is 6.42. The van der Waals surface area contributed by atoms with Gasteiger partial charge in [0.05, 0.1) is 5.69 Å². The van der Waals surface area contributed by atoms with Crippen molar-refractivity contribution in [2.75, 3.05) is 18.8 Å². The van der Waals surface area contributed by atoms with E-state index < -0.39 is 5.60 Å². The van der Waals surface area contributed by atoms with E-state index in [1.54, 1.807) is 4.90 Å². The second kappa shape index (κ2) is 8.75. The third-order valence-electron chi connectivity index (χ3n) is 4.48. The summed E-state index contributed by atoms with van der Waals surface area (Å²) in [5.74, 6) is -0.204. The number of nitrogens with zero attached hydrogens (tertiary/aromatic N) is 1. The number of nitrogens with one attached hydrogen (secondary N) is 1. The second-order valence-corrected chi connectivity index (χ2v) is 10.1. The largest absolute Gasteiger partial charge is 0.444 e. The summed E-state index contributed by atoms with van der Waals surface area (Å²) in [4.78, 5) is 28.2. The zero-order chi connectivity index (χ0) is 21.2. The molecule has 0 radical (unpaired) electrons. The fourth-order valence-corrected chi connectivity index (χ4v) is 4.58. The van der Waals surface area contributed by atoms with Gasteiger partial charge in [-0.25, -0.2) is 4.79 Å². The number of benzene rings is 1. The van der Waals surface area contributed by atoms with Crippen molar-refractivity contribution in [3.05, 3.63) is 39.7 Å². The number of rotatable bonds is 3. The van der Waals surface area contributed by atoms with Crippen LogP contribution < -0.4 is 11.1 Å². The average Bonchev–Trinajstić information content (AvgIpc) is 3.02. The number of hydrogen-bond acceptors (Lipinski definition) is 5. The Kier molecular flexibility index (Phi) is 6.53. The number of nitrogen functional groups attached to an aromatic ring is 1. The van der Waals surface area contributed by atoms with Crippen LogP contribution in [0.5, 0.6) is 0 Å². The summed E-state index contributed by atoms with van der Waals surface area (Å²) in [5.41, 5.74) is 7.04. The van der Waals surface area contributed by atoms with Gasteiger partial charge in [-0.3, -0.25) is 4.79 Å². The normalized spacial score (nSPS) is 17.1. The average molecular weight is 480 g/mol. The molecule has 29 heavy (non-hydrogen) atoms. The molecule has 8 heteroatoms. The lowest BCUT2D eigenvalue weighted by molar-refractivity contribution is 0.0186. The molecule has 0 aliphatic carbocycles. The Labute approximate surface area is 183 Å². The molecule has 0 saturated carbocycles. The second-order valence-electron chi connectivity index (χ2n) is 8.14. The van der Waals surface area contributed by atoms with E-state index in [4.69, 9.17) is 10.5 Å². The summed E-state index contributed by atoms with van der Waals surface area (Å²) in [6, 6.07) is 9.58. The molecule has 2 amide bonds. The van der Waals surface area contributed by atoms with E-state index in [1.165, 1.54) is 11.3 Å². The molecule has 0 bridgehead atoms. The molecule has 0 unspecified atom stereocenters. The lowest BCUT2D eigenvalue weighted by Crippen LogP contribution is -2.50. The molecule has 1 saturated heterocycles. The Morgan fingerprint density at radius 1 is 1.31 bits per heavy atom. The van der Waals surface area contributed by atoms with Crippen molar-refractivity contribution in [2.24, 2.45) is 0 Å². The highest BCUT2D eigenvalue weighted by atomic mass is 79.9. The van der Waals surface area contributed by atoms with Crippen molar-refractivity contribution in [2.45, 2.75) is 45.3 Å². The van der Waals surface area contributed by atoms with Crippen LogP contribution >= 0.6 is 27.3 Å².